The van der Waals surface area contributed by atoms with Gasteiger partial charge >= 0.3 is 51.4 Å². The predicted molar refractivity (Wildman–Crippen MR) is 64.3 cm³/mol. The molecule has 0 spiro atoms. The topological polar surface area (TPSA) is 43.1 Å². The van der Waals surface area contributed by atoms with Crippen LogP contribution in [0.5, 0.6) is 0 Å². The standard InChI is InChI=1S/C13H9F2NO2.K.H/c1-8-3-2-4-12(16(17)18)13(8)10-6-5-9(14)7-11(10)15;;/h2-7H,1H3;;/q;+1;-1. The van der Waals surface area contributed by atoms with Crippen LogP contribution >= 0.6 is 0 Å². The van der Waals surface area contributed by atoms with Gasteiger partial charge in [-0.3, -0.25) is 10.1 Å². The van der Waals surface area contributed by atoms with Gasteiger partial charge in [0, 0.05) is 17.7 Å². The second-order valence-electron chi connectivity index (χ2n) is 3.85. The molecule has 19 heavy (non-hydrogen) atoms. The molecule has 2 aromatic rings. The minimum Gasteiger partial charge on any atom is -1.00 e. The summed E-state index contributed by atoms with van der Waals surface area (Å²) in [6.07, 6.45) is 0. The fourth-order valence-electron chi connectivity index (χ4n) is 1.85. The predicted octanol–water partition coefficient (Wildman–Crippen LogP) is 0.965. The third-order valence-electron chi connectivity index (χ3n) is 2.65. The molecular formula is C13H10F2KNO2. The fourth-order valence-corrected chi connectivity index (χ4v) is 1.85. The summed E-state index contributed by atoms with van der Waals surface area (Å²) in [5.41, 5.74) is 0.580. The summed E-state index contributed by atoms with van der Waals surface area (Å²) in [4.78, 5) is 10.4. The number of nitro groups is 1. The first-order chi connectivity index (χ1) is 8.50. The molecule has 0 amide bonds. The molecule has 0 aliphatic carbocycles. The van der Waals surface area contributed by atoms with Crippen molar-refractivity contribution in [3.8, 4) is 11.1 Å². The van der Waals surface area contributed by atoms with Gasteiger partial charge in [-0.15, -0.1) is 0 Å². The van der Waals surface area contributed by atoms with E-state index in [0.717, 1.165) is 6.07 Å². The number of rotatable bonds is 2. The summed E-state index contributed by atoms with van der Waals surface area (Å²) in [5.74, 6) is -1.53. The van der Waals surface area contributed by atoms with Gasteiger partial charge < -0.3 is 1.43 Å². The van der Waals surface area contributed by atoms with Gasteiger partial charge in [0.25, 0.3) is 5.69 Å². The normalized spacial score (nSPS) is 9.84. The quantitative estimate of drug-likeness (QED) is 0.469. The van der Waals surface area contributed by atoms with Crippen LogP contribution in [0.3, 0.4) is 0 Å². The Morgan fingerprint density at radius 2 is 1.89 bits per heavy atom. The molecule has 0 N–H and O–H groups in total. The number of benzene rings is 2. The maximum Gasteiger partial charge on any atom is 1.00 e. The second-order valence-corrected chi connectivity index (χ2v) is 3.85. The molecule has 0 heterocycles. The largest absolute Gasteiger partial charge is 1.00 e. The number of halogens is 2. The van der Waals surface area contributed by atoms with Crippen LogP contribution in [0.4, 0.5) is 14.5 Å². The Balaban J connectivity index is 0.00000180. The van der Waals surface area contributed by atoms with Gasteiger partial charge in [-0.25, -0.2) is 8.78 Å². The van der Waals surface area contributed by atoms with Crippen LogP contribution in [-0.2, 0) is 0 Å². The van der Waals surface area contributed by atoms with E-state index in [1.165, 1.54) is 18.2 Å². The van der Waals surface area contributed by atoms with Crippen molar-refractivity contribution >= 4 is 5.69 Å². The zero-order valence-corrected chi connectivity index (χ0v) is 13.6. The van der Waals surface area contributed by atoms with Crippen LogP contribution in [0.1, 0.15) is 6.99 Å². The van der Waals surface area contributed by atoms with Crippen molar-refractivity contribution in [2.24, 2.45) is 0 Å². The Bertz CT molecular complexity index is 638. The van der Waals surface area contributed by atoms with Crippen molar-refractivity contribution in [3.05, 3.63) is 63.7 Å². The summed E-state index contributed by atoms with van der Waals surface area (Å²) in [7, 11) is 0. The van der Waals surface area contributed by atoms with Gasteiger partial charge in [-0.1, -0.05) is 12.1 Å². The molecule has 2 aromatic carbocycles. The molecule has 0 aromatic heterocycles. The van der Waals surface area contributed by atoms with E-state index < -0.39 is 16.6 Å². The van der Waals surface area contributed by atoms with Crippen LogP contribution in [0.2, 0.25) is 0 Å². The Morgan fingerprint density at radius 1 is 1.21 bits per heavy atom. The zero-order chi connectivity index (χ0) is 13.3. The van der Waals surface area contributed by atoms with Crippen LogP contribution in [0, 0.1) is 28.7 Å². The van der Waals surface area contributed by atoms with Crippen molar-refractivity contribution in [2.45, 2.75) is 6.92 Å². The molecule has 0 aliphatic heterocycles. The van der Waals surface area contributed by atoms with Gasteiger partial charge in [0.2, 0.25) is 0 Å². The van der Waals surface area contributed by atoms with E-state index in [4.69, 9.17) is 0 Å². The van der Waals surface area contributed by atoms with E-state index >= 15 is 0 Å². The first-order valence-electron chi connectivity index (χ1n) is 5.20. The monoisotopic (exact) mass is 289 g/mol. The average molecular weight is 289 g/mol. The Kier molecular flexibility index (Phi) is 5.75. The van der Waals surface area contributed by atoms with E-state index in [2.05, 4.69) is 0 Å². The SMILES string of the molecule is Cc1cccc([N+](=O)[O-])c1-c1ccc(F)cc1F.[H-].[K+]. The number of nitro benzene ring substituents is 1. The molecule has 0 saturated carbocycles. The van der Waals surface area contributed by atoms with Crippen molar-refractivity contribution in [3.63, 3.8) is 0 Å². The van der Waals surface area contributed by atoms with Gasteiger partial charge in [-0.05, 0) is 24.6 Å². The molecule has 0 unspecified atom stereocenters. The average Bonchev–Trinajstić information content (AvgIpc) is 2.29. The molecule has 0 saturated heterocycles. The molecule has 0 atom stereocenters. The van der Waals surface area contributed by atoms with E-state index in [-0.39, 0.29) is 69.6 Å². The molecule has 3 nitrogen and oxygen atoms in total. The van der Waals surface area contributed by atoms with E-state index in [1.807, 2.05) is 0 Å². The first kappa shape index (κ1) is 16.4. The molecule has 94 valence electrons. The van der Waals surface area contributed by atoms with Crippen molar-refractivity contribution in [1.29, 1.82) is 0 Å². The summed E-state index contributed by atoms with van der Waals surface area (Å²) in [6, 6.07) is 7.47. The third-order valence-corrected chi connectivity index (χ3v) is 2.65. The van der Waals surface area contributed by atoms with Crippen molar-refractivity contribution in [1.82, 2.24) is 0 Å². The Morgan fingerprint density at radius 3 is 2.47 bits per heavy atom. The zero-order valence-electron chi connectivity index (χ0n) is 11.5. The summed E-state index contributed by atoms with van der Waals surface area (Å²) in [5, 5.41) is 10.9. The minimum absolute atomic E-state index is 0. The van der Waals surface area contributed by atoms with Gasteiger partial charge in [-0.2, -0.15) is 0 Å². The molecule has 0 aliphatic rings. The van der Waals surface area contributed by atoms with Crippen LogP contribution < -0.4 is 51.4 Å². The third kappa shape index (κ3) is 3.46. The van der Waals surface area contributed by atoms with Gasteiger partial charge in [0.1, 0.15) is 11.6 Å². The fraction of sp³-hybridized carbons (Fsp3) is 0.0769. The second kappa shape index (κ2) is 6.67. The Hall–Kier alpha value is -0.664. The molecule has 0 radical (unpaired) electrons. The first-order valence-corrected chi connectivity index (χ1v) is 5.20. The van der Waals surface area contributed by atoms with E-state index in [9.17, 15) is 18.9 Å². The van der Waals surface area contributed by atoms with Crippen molar-refractivity contribution < 1.29 is 66.5 Å². The molecule has 0 bridgehead atoms. The van der Waals surface area contributed by atoms with Crippen LogP contribution in [0.15, 0.2) is 36.4 Å². The number of hydrogen-bond acceptors (Lipinski definition) is 2. The Labute approximate surface area is 152 Å². The minimum atomic E-state index is -0.813. The molecular weight excluding hydrogens is 279 g/mol. The summed E-state index contributed by atoms with van der Waals surface area (Å²) >= 11 is 0. The van der Waals surface area contributed by atoms with E-state index in [1.54, 1.807) is 13.0 Å². The summed E-state index contributed by atoms with van der Waals surface area (Å²) < 4.78 is 26.5. The van der Waals surface area contributed by atoms with Crippen molar-refractivity contribution in [2.75, 3.05) is 0 Å². The maximum absolute atomic E-state index is 13.7. The van der Waals surface area contributed by atoms with E-state index in [0.29, 0.717) is 11.6 Å². The number of aryl methyl sites for hydroxylation is 1. The van der Waals surface area contributed by atoms with Crippen LogP contribution in [-0.4, -0.2) is 4.92 Å². The maximum atomic E-state index is 13.7. The number of hydrogen-bond donors (Lipinski definition) is 0. The number of nitrogens with zero attached hydrogens (tertiary/aromatic N) is 1. The molecule has 2 rings (SSSR count). The smallest absolute Gasteiger partial charge is 1.00 e. The van der Waals surface area contributed by atoms with Gasteiger partial charge in [0.15, 0.2) is 0 Å². The molecule has 0 fully saturated rings. The molecule has 6 heteroatoms. The van der Waals surface area contributed by atoms with Crippen LogP contribution in [0.25, 0.3) is 11.1 Å². The summed E-state index contributed by atoms with van der Waals surface area (Å²) in [6.45, 7) is 1.64. The van der Waals surface area contributed by atoms with Gasteiger partial charge in [0.05, 0.1) is 10.5 Å².